The molecule has 0 fully saturated rings. The van der Waals surface area contributed by atoms with Gasteiger partial charge in [-0.2, -0.15) is 0 Å². The average Bonchev–Trinajstić information content (AvgIpc) is 2.64. The third-order valence-corrected chi connectivity index (χ3v) is 3.86. The Morgan fingerprint density at radius 3 is 2.89 bits per heavy atom. The zero-order chi connectivity index (χ0) is 19.6. The Morgan fingerprint density at radius 2 is 2.15 bits per heavy atom. The first-order valence-corrected chi connectivity index (χ1v) is 8.74. The van der Waals surface area contributed by atoms with E-state index >= 15 is 0 Å². The van der Waals surface area contributed by atoms with Gasteiger partial charge >= 0.3 is 0 Å². The van der Waals surface area contributed by atoms with Crippen LogP contribution in [-0.4, -0.2) is 24.6 Å². The van der Waals surface area contributed by atoms with Gasteiger partial charge in [0.05, 0.1) is 24.5 Å². The molecule has 2 aromatic rings. The van der Waals surface area contributed by atoms with E-state index in [0.29, 0.717) is 30.2 Å². The average molecular weight is 367 g/mol. The van der Waals surface area contributed by atoms with E-state index in [9.17, 15) is 4.79 Å². The molecule has 0 aliphatic rings. The summed E-state index contributed by atoms with van der Waals surface area (Å²) in [4.78, 5) is 16.8. The summed E-state index contributed by atoms with van der Waals surface area (Å²) in [5.74, 6) is 6.40. The Labute approximate surface area is 160 Å². The lowest BCUT2D eigenvalue weighted by Gasteiger charge is -2.12. The standard InChI is InChI=1S/C21H25N3O3/c1-4-5-6-7-11-27-17-10-8-9-16(13-17)23-21(25)18-12-15(2)19(14-26-3)24-20(18)22/h8-10,12-13H,6-7,11,14H2,1-3H3,(H2,22,24)(H,23,25). The number of ether oxygens (including phenoxy) is 2. The minimum absolute atomic E-state index is 0.176. The molecular weight excluding hydrogens is 342 g/mol. The molecule has 6 heteroatoms. The lowest BCUT2D eigenvalue weighted by atomic mass is 10.1. The first-order valence-electron chi connectivity index (χ1n) is 8.74. The highest BCUT2D eigenvalue weighted by Crippen LogP contribution is 2.21. The molecule has 1 aromatic heterocycles. The Balaban J connectivity index is 2.04. The quantitative estimate of drug-likeness (QED) is 0.550. The van der Waals surface area contributed by atoms with E-state index < -0.39 is 0 Å². The number of nitrogens with zero attached hydrogens (tertiary/aromatic N) is 1. The summed E-state index contributed by atoms with van der Waals surface area (Å²) in [5.41, 5.74) is 8.47. The fraction of sp³-hybridized carbons (Fsp3) is 0.333. The number of anilines is 2. The van der Waals surface area contributed by atoms with Crippen molar-refractivity contribution >= 4 is 17.4 Å². The van der Waals surface area contributed by atoms with Gasteiger partial charge in [-0.25, -0.2) is 4.98 Å². The van der Waals surface area contributed by atoms with Crippen LogP contribution in [0.4, 0.5) is 11.5 Å². The van der Waals surface area contributed by atoms with E-state index in [4.69, 9.17) is 15.2 Å². The number of carbonyl (C=O) groups is 1. The topological polar surface area (TPSA) is 86.5 Å². The molecule has 0 aliphatic heterocycles. The summed E-state index contributed by atoms with van der Waals surface area (Å²) in [6.07, 6.45) is 1.66. The Kier molecular flexibility index (Phi) is 7.65. The van der Waals surface area contributed by atoms with Crippen LogP contribution < -0.4 is 15.8 Å². The molecule has 0 bridgehead atoms. The number of aromatic nitrogens is 1. The number of nitrogens with one attached hydrogen (secondary N) is 1. The second-order valence-corrected chi connectivity index (χ2v) is 5.98. The molecule has 3 N–H and O–H groups in total. The Hall–Kier alpha value is -3.04. The highest BCUT2D eigenvalue weighted by Gasteiger charge is 2.14. The molecule has 1 amide bonds. The monoisotopic (exact) mass is 367 g/mol. The fourth-order valence-electron chi connectivity index (χ4n) is 2.47. The van der Waals surface area contributed by atoms with Gasteiger partial charge in [0.25, 0.3) is 5.91 Å². The molecule has 0 unspecified atom stereocenters. The molecule has 27 heavy (non-hydrogen) atoms. The Morgan fingerprint density at radius 1 is 1.33 bits per heavy atom. The zero-order valence-electron chi connectivity index (χ0n) is 16.0. The number of amides is 1. The maximum atomic E-state index is 12.6. The van der Waals surface area contributed by atoms with Crippen molar-refractivity contribution in [2.75, 3.05) is 24.8 Å². The lowest BCUT2D eigenvalue weighted by molar-refractivity contribution is 0.102. The summed E-state index contributed by atoms with van der Waals surface area (Å²) in [5, 5.41) is 2.84. The SMILES string of the molecule is CC#CCCCOc1cccc(NC(=O)c2cc(C)c(COC)nc2N)c1. The summed E-state index contributed by atoms with van der Waals surface area (Å²) in [7, 11) is 1.59. The van der Waals surface area contributed by atoms with E-state index in [1.165, 1.54) is 0 Å². The van der Waals surface area contributed by atoms with Gasteiger partial charge in [-0.05, 0) is 44.0 Å². The zero-order valence-corrected chi connectivity index (χ0v) is 16.0. The number of hydrogen-bond donors (Lipinski definition) is 2. The number of nitrogens with two attached hydrogens (primary N) is 1. The molecule has 0 saturated heterocycles. The van der Waals surface area contributed by atoms with Crippen LogP contribution in [0.15, 0.2) is 30.3 Å². The van der Waals surface area contributed by atoms with E-state index in [0.717, 1.165) is 24.1 Å². The minimum atomic E-state index is -0.317. The number of nitrogen functional groups attached to an aromatic ring is 1. The highest BCUT2D eigenvalue weighted by molar-refractivity contribution is 6.07. The van der Waals surface area contributed by atoms with E-state index in [1.807, 2.05) is 26.0 Å². The summed E-state index contributed by atoms with van der Waals surface area (Å²) in [6, 6.07) is 8.97. The fourth-order valence-corrected chi connectivity index (χ4v) is 2.47. The first kappa shape index (κ1) is 20.3. The van der Waals surface area contributed by atoms with E-state index in [1.54, 1.807) is 25.3 Å². The molecular formula is C21H25N3O3. The van der Waals surface area contributed by atoms with Gasteiger partial charge in [-0.15, -0.1) is 11.8 Å². The van der Waals surface area contributed by atoms with Gasteiger partial charge in [-0.1, -0.05) is 6.07 Å². The highest BCUT2D eigenvalue weighted by atomic mass is 16.5. The summed E-state index contributed by atoms with van der Waals surface area (Å²) in [6.45, 7) is 4.61. The lowest BCUT2D eigenvalue weighted by Crippen LogP contribution is -2.16. The molecule has 0 radical (unpaired) electrons. The van der Waals surface area contributed by atoms with Gasteiger partial charge in [0.15, 0.2) is 0 Å². The summed E-state index contributed by atoms with van der Waals surface area (Å²) >= 11 is 0. The van der Waals surface area contributed by atoms with Gasteiger partial charge in [0.2, 0.25) is 0 Å². The second kappa shape index (κ2) is 10.2. The van der Waals surface area contributed by atoms with Crippen LogP contribution >= 0.6 is 0 Å². The van der Waals surface area contributed by atoms with Crippen LogP contribution in [0.1, 0.15) is 41.4 Å². The van der Waals surface area contributed by atoms with Gasteiger partial charge < -0.3 is 20.5 Å². The molecule has 6 nitrogen and oxygen atoms in total. The van der Waals surface area contributed by atoms with Crippen molar-refractivity contribution in [3.8, 4) is 17.6 Å². The number of carbonyl (C=O) groups excluding carboxylic acids is 1. The van der Waals surface area contributed by atoms with Crippen molar-refractivity contribution in [3.05, 3.63) is 47.2 Å². The van der Waals surface area contributed by atoms with Crippen molar-refractivity contribution in [1.29, 1.82) is 0 Å². The van der Waals surface area contributed by atoms with Crippen LogP contribution in [0.3, 0.4) is 0 Å². The van der Waals surface area contributed by atoms with Crippen molar-refractivity contribution in [1.82, 2.24) is 4.98 Å². The smallest absolute Gasteiger partial charge is 0.259 e. The summed E-state index contributed by atoms with van der Waals surface area (Å²) < 4.78 is 10.8. The van der Waals surface area contributed by atoms with Gasteiger partial charge in [0.1, 0.15) is 11.6 Å². The molecule has 1 aromatic carbocycles. The van der Waals surface area contributed by atoms with Crippen molar-refractivity contribution in [3.63, 3.8) is 0 Å². The van der Waals surface area contributed by atoms with Crippen molar-refractivity contribution in [2.24, 2.45) is 0 Å². The maximum absolute atomic E-state index is 12.6. The predicted octanol–water partition coefficient (Wildman–Crippen LogP) is 3.55. The molecule has 2 rings (SSSR count). The van der Waals surface area contributed by atoms with Crippen molar-refractivity contribution in [2.45, 2.75) is 33.3 Å². The minimum Gasteiger partial charge on any atom is -0.493 e. The molecule has 0 atom stereocenters. The molecule has 142 valence electrons. The van der Waals surface area contributed by atoms with Crippen LogP contribution in [0.2, 0.25) is 0 Å². The van der Waals surface area contributed by atoms with Gasteiger partial charge in [-0.3, -0.25) is 4.79 Å². The van der Waals surface area contributed by atoms with Gasteiger partial charge in [0, 0.05) is 25.3 Å². The number of hydrogen-bond acceptors (Lipinski definition) is 5. The maximum Gasteiger partial charge on any atom is 0.259 e. The molecule has 1 heterocycles. The van der Waals surface area contributed by atoms with Crippen LogP contribution in [0, 0.1) is 18.8 Å². The second-order valence-electron chi connectivity index (χ2n) is 5.98. The van der Waals surface area contributed by atoms with E-state index in [-0.39, 0.29) is 11.7 Å². The third-order valence-electron chi connectivity index (χ3n) is 3.86. The van der Waals surface area contributed by atoms with Crippen LogP contribution in [0.25, 0.3) is 0 Å². The number of aryl methyl sites for hydroxylation is 1. The number of pyridine rings is 1. The molecule has 0 spiro atoms. The first-order chi connectivity index (χ1) is 13.0. The number of rotatable bonds is 8. The van der Waals surface area contributed by atoms with Crippen molar-refractivity contribution < 1.29 is 14.3 Å². The Bertz CT molecular complexity index is 853. The number of benzene rings is 1. The van der Waals surface area contributed by atoms with Crippen LogP contribution in [0.5, 0.6) is 5.75 Å². The molecule has 0 saturated carbocycles. The predicted molar refractivity (Wildman–Crippen MR) is 107 cm³/mol. The molecule has 0 aliphatic carbocycles. The normalized spacial score (nSPS) is 10.0. The number of methoxy groups -OCH3 is 1. The van der Waals surface area contributed by atoms with Crippen LogP contribution in [-0.2, 0) is 11.3 Å². The largest absolute Gasteiger partial charge is 0.493 e. The third kappa shape index (κ3) is 6.01. The van der Waals surface area contributed by atoms with E-state index in [2.05, 4.69) is 22.1 Å². The number of unbranched alkanes of at least 4 members (excludes halogenated alkanes) is 1.